The number of para-hydroxylation sites is 1. The maximum Gasteiger partial charge on any atom is 0.137 e. The van der Waals surface area contributed by atoms with Gasteiger partial charge in [-0.25, -0.2) is 0 Å². The molecule has 0 radical (unpaired) electrons. The minimum absolute atomic E-state index is 0.370. The van der Waals surface area contributed by atoms with Crippen molar-refractivity contribution in [3.8, 4) is 5.75 Å². The molecule has 1 fully saturated rings. The lowest BCUT2D eigenvalue weighted by Crippen LogP contribution is -2.25. The van der Waals surface area contributed by atoms with E-state index in [1.165, 1.54) is 12.8 Å². The summed E-state index contributed by atoms with van der Waals surface area (Å²) in [6.45, 7) is 0.710. The topological polar surface area (TPSA) is 35.2 Å². The molecule has 1 aliphatic rings. The molecule has 0 aromatic heterocycles. The van der Waals surface area contributed by atoms with Gasteiger partial charge in [-0.2, -0.15) is 0 Å². The van der Waals surface area contributed by atoms with Crippen LogP contribution in [0.15, 0.2) is 24.3 Å². The summed E-state index contributed by atoms with van der Waals surface area (Å²) in [4.78, 5) is 0. The van der Waals surface area contributed by atoms with Crippen LogP contribution in [0.2, 0.25) is 5.02 Å². The predicted octanol–water partition coefficient (Wildman–Crippen LogP) is 3.24. The molecule has 2 N–H and O–H groups in total. The van der Waals surface area contributed by atoms with Gasteiger partial charge in [-0.3, -0.25) is 0 Å². The molecule has 1 saturated carbocycles. The third kappa shape index (κ3) is 2.89. The molecule has 0 aliphatic heterocycles. The minimum atomic E-state index is 0.370. The van der Waals surface area contributed by atoms with E-state index in [9.17, 15) is 0 Å². The Kier molecular flexibility index (Phi) is 4.08. The van der Waals surface area contributed by atoms with Crippen LogP contribution in [0, 0.1) is 5.92 Å². The third-order valence-electron chi connectivity index (χ3n) is 3.30. The summed E-state index contributed by atoms with van der Waals surface area (Å²) in [5, 5.41) is 0.679. The van der Waals surface area contributed by atoms with Crippen LogP contribution in [0.4, 0.5) is 0 Å². The van der Waals surface area contributed by atoms with Crippen LogP contribution in [0.3, 0.4) is 0 Å². The minimum Gasteiger partial charge on any atom is -0.492 e. The monoisotopic (exact) mass is 239 g/mol. The van der Waals surface area contributed by atoms with Crippen molar-refractivity contribution in [1.29, 1.82) is 0 Å². The first-order chi connectivity index (χ1) is 7.77. The van der Waals surface area contributed by atoms with Crippen LogP contribution in [0.5, 0.6) is 5.75 Å². The normalized spacial score (nSPS) is 24.6. The zero-order chi connectivity index (χ0) is 11.4. The second-order valence-electron chi connectivity index (χ2n) is 4.42. The van der Waals surface area contributed by atoms with Gasteiger partial charge in [-0.15, -0.1) is 0 Å². The maximum atomic E-state index is 6.01. The van der Waals surface area contributed by atoms with Crippen LogP contribution in [0.1, 0.15) is 25.7 Å². The van der Waals surface area contributed by atoms with Gasteiger partial charge < -0.3 is 10.5 Å². The third-order valence-corrected chi connectivity index (χ3v) is 3.61. The summed E-state index contributed by atoms with van der Waals surface area (Å²) in [7, 11) is 0. The first-order valence-corrected chi connectivity index (χ1v) is 6.28. The van der Waals surface area contributed by atoms with E-state index in [4.69, 9.17) is 22.1 Å². The second-order valence-corrected chi connectivity index (χ2v) is 4.83. The maximum absolute atomic E-state index is 6.01. The summed E-state index contributed by atoms with van der Waals surface area (Å²) < 4.78 is 5.66. The molecule has 0 bridgehead atoms. The van der Waals surface area contributed by atoms with Crippen molar-refractivity contribution in [2.45, 2.75) is 31.7 Å². The average Bonchev–Trinajstić information content (AvgIpc) is 2.67. The number of nitrogens with two attached hydrogens (primary N) is 1. The Labute approximate surface area is 102 Å². The van der Waals surface area contributed by atoms with Crippen molar-refractivity contribution in [3.05, 3.63) is 29.3 Å². The van der Waals surface area contributed by atoms with Crippen LogP contribution in [-0.4, -0.2) is 12.6 Å². The van der Waals surface area contributed by atoms with Crippen molar-refractivity contribution in [2.24, 2.45) is 11.7 Å². The van der Waals surface area contributed by atoms with Crippen LogP contribution in [-0.2, 0) is 0 Å². The first-order valence-electron chi connectivity index (χ1n) is 5.90. The van der Waals surface area contributed by atoms with E-state index in [0.717, 1.165) is 18.6 Å². The van der Waals surface area contributed by atoms with Crippen molar-refractivity contribution < 1.29 is 4.74 Å². The summed E-state index contributed by atoms with van der Waals surface area (Å²) in [5.74, 6) is 1.40. The molecule has 0 spiro atoms. The summed E-state index contributed by atoms with van der Waals surface area (Å²) in [6, 6.07) is 7.95. The molecule has 2 unspecified atom stereocenters. The van der Waals surface area contributed by atoms with Gasteiger partial charge in [0.25, 0.3) is 0 Å². The van der Waals surface area contributed by atoms with Gasteiger partial charge in [0.15, 0.2) is 0 Å². The standard InChI is InChI=1S/C13H18ClNO/c14-11-5-1-2-7-13(11)16-9-8-10-4-3-6-12(10)15/h1-2,5,7,10,12H,3-4,6,8-9,15H2. The molecule has 2 nitrogen and oxygen atoms in total. The highest BCUT2D eigenvalue weighted by Crippen LogP contribution is 2.28. The van der Waals surface area contributed by atoms with E-state index >= 15 is 0 Å². The molecule has 16 heavy (non-hydrogen) atoms. The van der Waals surface area contributed by atoms with E-state index in [0.29, 0.717) is 23.6 Å². The zero-order valence-corrected chi connectivity index (χ0v) is 10.1. The van der Waals surface area contributed by atoms with Crippen LogP contribution in [0.25, 0.3) is 0 Å². The molecule has 88 valence electrons. The number of hydrogen-bond acceptors (Lipinski definition) is 2. The number of benzene rings is 1. The molecule has 2 rings (SSSR count). The second kappa shape index (κ2) is 5.55. The molecular weight excluding hydrogens is 222 g/mol. The van der Waals surface area contributed by atoms with E-state index < -0.39 is 0 Å². The quantitative estimate of drug-likeness (QED) is 0.876. The highest BCUT2D eigenvalue weighted by atomic mass is 35.5. The lowest BCUT2D eigenvalue weighted by molar-refractivity contribution is 0.271. The fourth-order valence-electron chi connectivity index (χ4n) is 2.31. The molecule has 0 heterocycles. The molecule has 0 saturated heterocycles. The largest absolute Gasteiger partial charge is 0.492 e. The molecule has 1 aromatic carbocycles. The van der Waals surface area contributed by atoms with Crippen molar-refractivity contribution in [3.63, 3.8) is 0 Å². The molecule has 3 heteroatoms. The van der Waals surface area contributed by atoms with Gasteiger partial charge in [0.2, 0.25) is 0 Å². The van der Waals surface area contributed by atoms with Crippen LogP contribution < -0.4 is 10.5 Å². The SMILES string of the molecule is NC1CCCC1CCOc1ccccc1Cl. The van der Waals surface area contributed by atoms with E-state index in [2.05, 4.69) is 0 Å². The number of rotatable bonds is 4. The van der Waals surface area contributed by atoms with Gasteiger partial charge >= 0.3 is 0 Å². The number of hydrogen-bond donors (Lipinski definition) is 1. The Morgan fingerprint density at radius 2 is 2.12 bits per heavy atom. The van der Waals surface area contributed by atoms with Gasteiger partial charge in [0.1, 0.15) is 5.75 Å². The molecule has 1 aliphatic carbocycles. The summed E-state index contributed by atoms with van der Waals surface area (Å²) >= 11 is 6.00. The Bertz CT molecular complexity index is 342. The van der Waals surface area contributed by atoms with E-state index in [1.807, 2.05) is 24.3 Å². The van der Waals surface area contributed by atoms with Gasteiger partial charge in [0.05, 0.1) is 11.6 Å². The Morgan fingerprint density at radius 1 is 1.31 bits per heavy atom. The lowest BCUT2D eigenvalue weighted by Gasteiger charge is -2.15. The Morgan fingerprint density at radius 3 is 2.81 bits per heavy atom. The molecule has 2 atom stereocenters. The Balaban J connectivity index is 1.78. The Hall–Kier alpha value is -0.730. The first kappa shape index (κ1) is 11.7. The fourth-order valence-corrected chi connectivity index (χ4v) is 2.50. The zero-order valence-electron chi connectivity index (χ0n) is 9.36. The van der Waals surface area contributed by atoms with Crippen LogP contribution >= 0.6 is 11.6 Å². The lowest BCUT2D eigenvalue weighted by atomic mass is 10.0. The van der Waals surface area contributed by atoms with Gasteiger partial charge in [-0.05, 0) is 37.3 Å². The number of ether oxygens (including phenoxy) is 1. The smallest absolute Gasteiger partial charge is 0.137 e. The van der Waals surface area contributed by atoms with Gasteiger partial charge in [0, 0.05) is 6.04 Å². The summed E-state index contributed by atoms with van der Waals surface area (Å²) in [5.41, 5.74) is 6.01. The molecule has 0 amide bonds. The van der Waals surface area contributed by atoms with E-state index in [1.54, 1.807) is 0 Å². The number of halogens is 1. The van der Waals surface area contributed by atoms with Crippen molar-refractivity contribution in [1.82, 2.24) is 0 Å². The highest BCUT2D eigenvalue weighted by Gasteiger charge is 2.23. The van der Waals surface area contributed by atoms with E-state index in [-0.39, 0.29) is 0 Å². The average molecular weight is 240 g/mol. The molecular formula is C13H18ClNO. The predicted molar refractivity (Wildman–Crippen MR) is 66.9 cm³/mol. The van der Waals surface area contributed by atoms with Crippen molar-refractivity contribution >= 4 is 11.6 Å². The van der Waals surface area contributed by atoms with Gasteiger partial charge in [-0.1, -0.05) is 30.2 Å². The highest BCUT2D eigenvalue weighted by molar-refractivity contribution is 6.32. The molecule has 1 aromatic rings. The fraction of sp³-hybridized carbons (Fsp3) is 0.538. The summed E-state index contributed by atoms with van der Waals surface area (Å²) in [6.07, 6.45) is 4.70. The van der Waals surface area contributed by atoms with Crippen molar-refractivity contribution in [2.75, 3.05) is 6.61 Å².